The van der Waals surface area contributed by atoms with Crippen LogP contribution in [0.25, 0.3) is 11.0 Å². The molecule has 2 aromatic rings. The monoisotopic (exact) mass is 191 g/mol. The zero-order valence-electron chi connectivity index (χ0n) is 8.56. The first kappa shape index (κ1) is 8.99. The summed E-state index contributed by atoms with van der Waals surface area (Å²) >= 11 is 0. The maximum atomic E-state index is 5.11. The molecule has 0 spiro atoms. The van der Waals surface area contributed by atoms with Crippen LogP contribution in [0.5, 0.6) is 5.75 Å². The molecule has 4 nitrogen and oxygen atoms in total. The fourth-order valence-electron chi connectivity index (χ4n) is 1.27. The third kappa shape index (κ3) is 1.43. The van der Waals surface area contributed by atoms with Crippen molar-refractivity contribution in [1.82, 2.24) is 15.0 Å². The van der Waals surface area contributed by atoms with Crippen LogP contribution in [0, 0.1) is 0 Å². The lowest BCUT2D eigenvalue weighted by Crippen LogP contribution is -2.03. The Hall–Kier alpha value is -1.58. The Bertz CT molecular complexity index is 448. The number of methoxy groups -OCH3 is 1. The lowest BCUT2D eigenvalue weighted by atomic mass is 10.3. The van der Waals surface area contributed by atoms with Crippen molar-refractivity contribution in [1.29, 1.82) is 0 Å². The molecule has 0 amide bonds. The number of benzene rings is 1. The van der Waals surface area contributed by atoms with E-state index in [1.165, 1.54) is 0 Å². The number of ether oxygens (including phenoxy) is 1. The summed E-state index contributed by atoms with van der Waals surface area (Å²) in [6, 6.07) is 5.98. The highest BCUT2D eigenvalue weighted by Crippen LogP contribution is 2.18. The molecule has 0 unspecified atom stereocenters. The molecule has 0 N–H and O–H groups in total. The van der Waals surface area contributed by atoms with E-state index in [-0.39, 0.29) is 6.04 Å². The highest BCUT2D eigenvalue weighted by atomic mass is 16.5. The summed E-state index contributed by atoms with van der Waals surface area (Å²) in [6.45, 7) is 4.10. The number of rotatable bonds is 2. The quantitative estimate of drug-likeness (QED) is 0.729. The number of fused-ring (bicyclic) bond motifs is 1. The van der Waals surface area contributed by atoms with E-state index in [0.29, 0.717) is 0 Å². The third-order valence-corrected chi connectivity index (χ3v) is 2.06. The lowest BCUT2D eigenvalue weighted by molar-refractivity contribution is 0.415. The Morgan fingerprint density at radius 1 is 1.21 bits per heavy atom. The molecule has 74 valence electrons. The fraction of sp³-hybridized carbons (Fsp3) is 0.400. The molecule has 0 aliphatic carbocycles. The molecule has 1 heterocycles. The molecule has 0 atom stereocenters. The van der Waals surface area contributed by atoms with Gasteiger partial charge >= 0.3 is 0 Å². The minimum atomic E-state index is 0.286. The van der Waals surface area contributed by atoms with Crippen LogP contribution in [-0.4, -0.2) is 22.1 Å². The first-order valence-electron chi connectivity index (χ1n) is 4.61. The summed E-state index contributed by atoms with van der Waals surface area (Å²) in [6.07, 6.45) is 0. The van der Waals surface area contributed by atoms with Crippen LogP contribution in [0.4, 0.5) is 0 Å². The summed E-state index contributed by atoms with van der Waals surface area (Å²) in [7, 11) is 1.65. The Balaban J connectivity index is 2.54. The summed E-state index contributed by atoms with van der Waals surface area (Å²) in [4.78, 5) is 1.71. The van der Waals surface area contributed by atoms with Gasteiger partial charge in [-0.15, -0.1) is 0 Å². The molecule has 0 saturated carbocycles. The molecule has 0 bridgehead atoms. The van der Waals surface area contributed by atoms with Gasteiger partial charge in [0.1, 0.15) is 16.8 Å². The van der Waals surface area contributed by atoms with E-state index in [9.17, 15) is 0 Å². The minimum Gasteiger partial charge on any atom is -0.497 e. The van der Waals surface area contributed by atoms with Crippen molar-refractivity contribution in [2.75, 3.05) is 7.11 Å². The average Bonchev–Trinajstić information content (AvgIpc) is 2.59. The summed E-state index contributed by atoms with van der Waals surface area (Å²) in [5.41, 5.74) is 1.78. The standard InChI is InChI=1S/C10H13N3O/c1-7(2)13-11-9-5-4-8(14-3)6-10(9)12-13/h4-7H,1-3H3. The molecule has 1 aromatic carbocycles. The second-order valence-electron chi connectivity index (χ2n) is 3.47. The van der Waals surface area contributed by atoms with Crippen molar-refractivity contribution < 1.29 is 4.74 Å². The van der Waals surface area contributed by atoms with E-state index < -0.39 is 0 Å². The van der Waals surface area contributed by atoms with Crippen LogP contribution in [0.15, 0.2) is 18.2 Å². The number of hydrogen-bond acceptors (Lipinski definition) is 3. The van der Waals surface area contributed by atoms with E-state index in [4.69, 9.17) is 4.74 Å². The van der Waals surface area contributed by atoms with Crippen molar-refractivity contribution in [2.24, 2.45) is 0 Å². The lowest BCUT2D eigenvalue weighted by Gasteiger charge is -1.99. The SMILES string of the molecule is COc1ccc2nn(C(C)C)nc2c1. The van der Waals surface area contributed by atoms with Gasteiger partial charge in [0.05, 0.1) is 13.2 Å². The van der Waals surface area contributed by atoms with Gasteiger partial charge in [-0.1, -0.05) is 0 Å². The number of nitrogens with zero attached hydrogens (tertiary/aromatic N) is 3. The second-order valence-corrected chi connectivity index (χ2v) is 3.47. The molecule has 0 saturated heterocycles. The van der Waals surface area contributed by atoms with Crippen LogP contribution in [0.3, 0.4) is 0 Å². The molecule has 0 radical (unpaired) electrons. The van der Waals surface area contributed by atoms with Gasteiger partial charge in [0, 0.05) is 6.07 Å². The summed E-state index contributed by atoms with van der Waals surface area (Å²) in [5, 5.41) is 8.68. The van der Waals surface area contributed by atoms with Crippen molar-refractivity contribution >= 4 is 11.0 Å². The van der Waals surface area contributed by atoms with Crippen LogP contribution >= 0.6 is 0 Å². The Kier molecular flexibility index (Phi) is 2.11. The van der Waals surface area contributed by atoms with E-state index in [1.54, 1.807) is 11.9 Å². The molecule has 14 heavy (non-hydrogen) atoms. The van der Waals surface area contributed by atoms with Gasteiger partial charge in [0.25, 0.3) is 0 Å². The second kappa shape index (κ2) is 3.29. The van der Waals surface area contributed by atoms with Crippen LogP contribution < -0.4 is 4.74 Å². The highest BCUT2D eigenvalue weighted by molar-refractivity contribution is 5.75. The predicted molar refractivity (Wildman–Crippen MR) is 54.5 cm³/mol. The molecule has 4 heteroatoms. The van der Waals surface area contributed by atoms with E-state index >= 15 is 0 Å². The third-order valence-electron chi connectivity index (χ3n) is 2.06. The van der Waals surface area contributed by atoms with Gasteiger partial charge in [0.15, 0.2) is 0 Å². The molecular weight excluding hydrogens is 178 g/mol. The van der Waals surface area contributed by atoms with E-state index in [2.05, 4.69) is 24.0 Å². The topological polar surface area (TPSA) is 39.9 Å². The van der Waals surface area contributed by atoms with Crippen molar-refractivity contribution in [3.63, 3.8) is 0 Å². The average molecular weight is 191 g/mol. The first-order valence-corrected chi connectivity index (χ1v) is 4.61. The van der Waals surface area contributed by atoms with Crippen LogP contribution in [0.2, 0.25) is 0 Å². The van der Waals surface area contributed by atoms with Crippen LogP contribution in [-0.2, 0) is 0 Å². The maximum absolute atomic E-state index is 5.11. The number of hydrogen-bond donors (Lipinski definition) is 0. The normalized spacial score (nSPS) is 11.1. The maximum Gasteiger partial charge on any atom is 0.121 e. The summed E-state index contributed by atoms with van der Waals surface area (Å²) in [5.74, 6) is 0.813. The van der Waals surface area contributed by atoms with E-state index in [1.807, 2.05) is 18.2 Å². The highest BCUT2D eigenvalue weighted by Gasteiger charge is 2.05. The van der Waals surface area contributed by atoms with Crippen molar-refractivity contribution in [3.8, 4) is 5.75 Å². The molecule has 2 rings (SSSR count). The number of aromatic nitrogens is 3. The fourth-order valence-corrected chi connectivity index (χ4v) is 1.27. The van der Waals surface area contributed by atoms with Gasteiger partial charge in [-0.2, -0.15) is 15.0 Å². The zero-order valence-corrected chi connectivity index (χ0v) is 8.56. The Morgan fingerprint density at radius 2 is 1.93 bits per heavy atom. The zero-order chi connectivity index (χ0) is 10.1. The molecule has 0 aliphatic rings. The van der Waals surface area contributed by atoms with Gasteiger partial charge in [-0.05, 0) is 26.0 Å². The van der Waals surface area contributed by atoms with E-state index in [0.717, 1.165) is 16.8 Å². The predicted octanol–water partition coefficient (Wildman–Crippen LogP) is 2.02. The first-order chi connectivity index (χ1) is 6.70. The Morgan fingerprint density at radius 3 is 2.57 bits per heavy atom. The largest absolute Gasteiger partial charge is 0.497 e. The summed E-state index contributed by atoms with van der Waals surface area (Å²) < 4.78 is 5.11. The molecule has 0 aliphatic heterocycles. The van der Waals surface area contributed by atoms with Gasteiger partial charge in [-0.3, -0.25) is 0 Å². The molecule has 0 fully saturated rings. The minimum absolute atomic E-state index is 0.286. The van der Waals surface area contributed by atoms with Crippen molar-refractivity contribution in [3.05, 3.63) is 18.2 Å². The van der Waals surface area contributed by atoms with Gasteiger partial charge in [0.2, 0.25) is 0 Å². The molecular formula is C10H13N3O. The van der Waals surface area contributed by atoms with Crippen LogP contribution in [0.1, 0.15) is 19.9 Å². The Labute approximate surface area is 82.5 Å². The van der Waals surface area contributed by atoms with Gasteiger partial charge in [-0.25, -0.2) is 0 Å². The van der Waals surface area contributed by atoms with Crippen molar-refractivity contribution in [2.45, 2.75) is 19.9 Å². The van der Waals surface area contributed by atoms with Gasteiger partial charge < -0.3 is 4.74 Å². The molecule has 1 aromatic heterocycles. The smallest absolute Gasteiger partial charge is 0.121 e.